The molecule has 1 aromatic carbocycles. The fraction of sp³-hybridized carbons (Fsp3) is 0.500. The Morgan fingerprint density at radius 1 is 1.21 bits per heavy atom. The smallest absolute Gasteiger partial charge is 0.375 e. The lowest BCUT2D eigenvalue weighted by Crippen LogP contribution is -2.42. The zero-order valence-electron chi connectivity index (χ0n) is 14.3. The number of ether oxygens (including phenoxy) is 3. The van der Waals surface area contributed by atoms with E-state index in [9.17, 15) is 4.79 Å². The molecule has 1 aromatic rings. The number of esters is 1. The minimum atomic E-state index is -0.524. The number of para-hydroxylation sites is 1. The van der Waals surface area contributed by atoms with Crippen LogP contribution in [0.3, 0.4) is 0 Å². The van der Waals surface area contributed by atoms with E-state index in [1.54, 1.807) is 38.2 Å². The zero-order chi connectivity index (χ0) is 17.8. The van der Waals surface area contributed by atoms with Crippen LogP contribution in [0.4, 0.5) is 5.69 Å². The third kappa shape index (κ3) is 6.74. The summed E-state index contributed by atoms with van der Waals surface area (Å²) in [7, 11) is 3.19. The number of halogens is 1. The summed E-state index contributed by atoms with van der Waals surface area (Å²) in [4.78, 5) is 14.0. The lowest BCUT2D eigenvalue weighted by molar-refractivity contribution is -0.136. The minimum Gasteiger partial charge on any atom is -0.460 e. The van der Waals surface area contributed by atoms with E-state index in [-0.39, 0.29) is 12.4 Å². The standard InChI is InChI=1S/C16H24ClN3O4/c1-4-24-16(21)15(20(9-11-22-2)10-12-23-3)19-18-14-8-6-5-7-13(14)17/h5-8,18H,4,9-12H2,1-3H3/b19-15+. The lowest BCUT2D eigenvalue weighted by Gasteiger charge is -2.24. The van der Waals surface area contributed by atoms with Crippen LogP contribution in [-0.2, 0) is 19.0 Å². The van der Waals surface area contributed by atoms with Crippen LogP contribution in [0, 0.1) is 0 Å². The van der Waals surface area contributed by atoms with Gasteiger partial charge in [-0.2, -0.15) is 0 Å². The maximum atomic E-state index is 12.3. The topological polar surface area (TPSA) is 72.4 Å². The summed E-state index contributed by atoms with van der Waals surface area (Å²) < 4.78 is 15.3. The molecule has 0 aliphatic carbocycles. The summed E-state index contributed by atoms with van der Waals surface area (Å²) >= 11 is 6.09. The maximum Gasteiger partial charge on any atom is 0.375 e. The van der Waals surface area contributed by atoms with Crippen molar-refractivity contribution in [3.05, 3.63) is 29.3 Å². The van der Waals surface area contributed by atoms with Crippen LogP contribution in [0.15, 0.2) is 29.4 Å². The summed E-state index contributed by atoms with van der Waals surface area (Å²) in [6.07, 6.45) is 0. The van der Waals surface area contributed by atoms with E-state index in [2.05, 4.69) is 10.5 Å². The molecular weight excluding hydrogens is 334 g/mol. The number of rotatable bonds is 9. The number of benzene rings is 1. The first-order valence-electron chi connectivity index (χ1n) is 7.62. The van der Waals surface area contributed by atoms with Gasteiger partial charge in [-0.05, 0) is 19.1 Å². The van der Waals surface area contributed by atoms with Gasteiger partial charge >= 0.3 is 5.97 Å². The molecule has 0 saturated carbocycles. The molecular formula is C16H24ClN3O4. The molecule has 0 bridgehead atoms. The van der Waals surface area contributed by atoms with Gasteiger partial charge in [0.2, 0.25) is 5.84 Å². The van der Waals surface area contributed by atoms with Crippen LogP contribution in [0.5, 0.6) is 0 Å². The van der Waals surface area contributed by atoms with E-state index in [0.29, 0.717) is 37.0 Å². The molecule has 1 rings (SSSR count). The predicted octanol–water partition coefficient (Wildman–Crippen LogP) is 2.22. The normalized spacial score (nSPS) is 11.2. The van der Waals surface area contributed by atoms with Crippen LogP contribution in [-0.4, -0.2) is 63.8 Å². The van der Waals surface area contributed by atoms with Crippen LogP contribution in [0.2, 0.25) is 5.02 Å². The van der Waals surface area contributed by atoms with Gasteiger partial charge < -0.3 is 19.1 Å². The fourth-order valence-electron chi connectivity index (χ4n) is 1.83. The summed E-state index contributed by atoms with van der Waals surface area (Å²) in [6, 6.07) is 7.13. The molecule has 8 heteroatoms. The molecule has 134 valence electrons. The van der Waals surface area contributed by atoms with Crippen molar-refractivity contribution in [1.82, 2.24) is 4.90 Å². The lowest BCUT2D eigenvalue weighted by atomic mass is 10.3. The maximum absolute atomic E-state index is 12.3. The Balaban J connectivity index is 3.00. The summed E-state index contributed by atoms with van der Waals surface area (Å²) in [5, 5.41) is 4.71. The van der Waals surface area contributed by atoms with Gasteiger partial charge in [0.15, 0.2) is 0 Å². The Kier molecular flexibility index (Phi) is 9.83. The van der Waals surface area contributed by atoms with Gasteiger partial charge in [-0.1, -0.05) is 23.7 Å². The Hall–Kier alpha value is -1.83. The molecule has 24 heavy (non-hydrogen) atoms. The average Bonchev–Trinajstić information content (AvgIpc) is 2.58. The van der Waals surface area contributed by atoms with Crippen molar-refractivity contribution < 1.29 is 19.0 Å². The largest absolute Gasteiger partial charge is 0.460 e. The van der Waals surface area contributed by atoms with E-state index in [1.165, 1.54) is 0 Å². The number of amidine groups is 1. The third-order valence-corrected chi connectivity index (χ3v) is 3.37. The fourth-order valence-corrected chi connectivity index (χ4v) is 2.01. The van der Waals surface area contributed by atoms with Gasteiger partial charge in [0.1, 0.15) is 0 Å². The molecule has 0 fully saturated rings. The second-order valence-corrected chi connectivity index (χ2v) is 5.13. The molecule has 0 amide bonds. The first-order chi connectivity index (χ1) is 11.6. The summed E-state index contributed by atoms with van der Waals surface area (Å²) in [5.74, 6) is -0.380. The monoisotopic (exact) mass is 357 g/mol. The number of nitrogens with zero attached hydrogens (tertiary/aromatic N) is 2. The molecule has 0 spiro atoms. The minimum absolute atomic E-state index is 0.144. The Morgan fingerprint density at radius 2 is 1.83 bits per heavy atom. The van der Waals surface area contributed by atoms with E-state index in [0.717, 1.165) is 0 Å². The molecule has 0 unspecified atom stereocenters. The number of carbonyl (C=O) groups excluding carboxylic acids is 1. The Morgan fingerprint density at radius 3 is 2.38 bits per heavy atom. The molecule has 0 atom stereocenters. The molecule has 1 N–H and O–H groups in total. The molecule has 0 aliphatic heterocycles. The predicted molar refractivity (Wildman–Crippen MR) is 94.5 cm³/mol. The number of methoxy groups -OCH3 is 2. The number of carbonyl (C=O) groups is 1. The van der Waals surface area contributed by atoms with E-state index in [1.807, 2.05) is 12.1 Å². The number of nitrogens with one attached hydrogen (secondary N) is 1. The van der Waals surface area contributed by atoms with Gasteiger partial charge in [0.05, 0.1) is 30.5 Å². The van der Waals surface area contributed by atoms with Crippen molar-refractivity contribution in [2.75, 3.05) is 52.6 Å². The number of hydrogen-bond acceptors (Lipinski definition) is 6. The van der Waals surface area contributed by atoms with Gasteiger partial charge in [-0.25, -0.2) is 4.79 Å². The van der Waals surface area contributed by atoms with Crippen molar-refractivity contribution in [2.24, 2.45) is 5.10 Å². The van der Waals surface area contributed by atoms with Gasteiger partial charge in [-0.3, -0.25) is 5.43 Å². The Bertz CT molecular complexity index is 532. The molecule has 0 radical (unpaired) electrons. The SMILES string of the molecule is CCOC(=O)/C(=N\Nc1ccccc1Cl)N(CCOC)CCOC. The van der Waals surface area contributed by atoms with Crippen molar-refractivity contribution in [3.63, 3.8) is 0 Å². The zero-order valence-corrected chi connectivity index (χ0v) is 15.0. The van der Waals surface area contributed by atoms with Crippen LogP contribution in [0.1, 0.15) is 6.92 Å². The first kappa shape index (κ1) is 20.2. The van der Waals surface area contributed by atoms with Gasteiger partial charge in [-0.15, -0.1) is 5.10 Å². The van der Waals surface area contributed by atoms with E-state index < -0.39 is 5.97 Å². The highest BCUT2D eigenvalue weighted by atomic mass is 35.5. The third-order valence-electron chi connectivity index (χ3n) is 3.04. The van der Waals surface area contributed by atoms with Crippen LogP contribution in [0.25, 0.3) is 0 Å². The second kappa shape index (κ2) is 11.7. The van der Waals surface area contributed by atoms with Crippen molar-refractivity contribution in [3.8, 4) is 0 Å². The van der Waals surface area contributed by atoms with E-state index >= 15 is 0 Å². The highest BCUT2D eigenvalue weighted by molar-refractivity contribution is 6.35. The first-order valence-corrected chi connectivity index (χ1v) is 8.00. The number of hydrazone groups is 1. The molecule has 0 aliphatic rings. The molecule has 0 aromatic heterocycles. The van der Waals surface area contributed by atoms with E-state index in [4.69, 9.17) is 25.8 Å². The highest BCUT2D eigenvalue weighted by Crippen LogP contribution is 2.20. The van der Waals surface area contributed by atoms with Crippen molar-refractivity contribution >= 4 is 29.1 Å². The molecule has 0 heterocycles. The van der Waals surface area contributed by atoms with Crippen molar-refractivity contribution in [1.29, 1.82) is 0 Å². The summed E-state index contributed by atoms with van der Waals surface area (Å²) in [6.45, 7) is 3.82. The molecule has 0 saturated heterocycles. The summed E-state index contributed by atoms with van der Waals surface area (Å²) in [5.41, 5.74) is 3.41. The second-order valence-electron chi connectivity index (χ2n) is 4.72. The Labute approximate surface area is 147 Å². The average molecular weight is 358 g/mol. The quantitative estimate of drug-likeness (QED) is 0.316. The van der Waals surface area contributed by atoms with Crippen LogP contribution < -0.4 is 5.43 Å². The number of hydrogen-bond donors (Lipinski definition) is 1. The van der Waals surface area contributed by atoms with Gasteiger partial charge in [0, 0.05) is 27.3 Å². The number of anilines is 1. The van der Waals surface area contributed by atoms with Crippen molar-refractivity contribution in [2.45, 2.75) is 6.92 Å². The molecule has 7 nitrogen and oxygen atoms in total. The van der Waals surface area contributed by atoms with Gasteiger partial charge in [0.25, 0.3) is 0 Å². The van der Waals surface area contributed by atoms with Crippen LogP contribution >= 0.6 is 11.6 Å². The highest BCUT2D eigenvalue weighted by Gasteiger charge is 2.21.